The Kier molecular flexibility index (Phi) is 6.94. The second-order valence-corrected chi connectivity index (χ2v) is 8.06. The summed E-state index contributed by atoms with van der Waals surface area (Å²) >= 11 is 0. The van der Waals surface area contributed by atoms with Crippen LogP contribution in [0.1, 0.15) is 54.4 Å². The molecule has 2 atom stereocenters. The van der Waals surface area contributed by atoms with Gasteiger partial charge in [0.25, 0.3) is 0 Å². The van der Waals surface area contributed by atoms with Gasteiger partial charge in [-0.1, -0.05) is 0 Å². The maximum absolute atomic E-state index is 12.2. The lowest BCUT2D eigenvalue weighted by Crippen LogP contribution is -2.62. The van der Waals surface area contributed by atoms with Crippen molar-refractivity contribution in [3.63, 3.8) is 0 Å². The summed E-state index contributed by atoms with van der Waals surface area (Å²) in [5.74, 6) is -6.00. The first-order valence-corrected chi connectivity index (χ1v) is 7.86. The molecule has 0 spiro atoms. The number of carbonyl (C=O) groups excluding carboxylic acids is 2. The fraction of sp³-hybridized carbons (Fsp3) is 0.750. The fourth-order valence-electron chi connectivity index (χ4n) is 1.73. The molecule has 10 heteroatoms. The molecule has 2 unspecified atom stereocenters. The highest BCUT2D eigenvalue weighted by Crippen LogP contribution is 2.24. The van der Waals surface area contributed by atoms with Gasteiger partial charge in [-0.05, 0) is 54.4 Å². The molecule has 0 saturated carbocycles. The number of carboxylic acids is 2. The molecule has 0 aliphatic carbocycles. The summed E-state index contributed by atoms with van der Waals surface area (Å²) in [4.78, 5) is 47.4. The standard InChI is InChI=1S/C16H28N2O8/c1-13(2,3)25-11(23)15(17,9(19)20)7-8-16(18,10(21)22)12(24)26-14(4,5)6/h7-8,17-18H2,1-6H3,(H,19,20)(H,21,22). The van der Waals surface area contributed by atoms with Gasteiger partial charge >= 0.3 is 23.9 Å². The Morgan fingerprint density at radius 3 is 1.08 bits per heavy atom. The van der Waals surface area contributed by atoms with Crippen molar-refractivity contribution in [2.75, 3.05) is 0 Å². The van der Waals surface area contributed by atoms with Crippen molar-refractivity contribution in [2.24, 2.45) is 11.5 Å². The number of esters is 2. The monoisotopic (exact) mass is 376 g/mol. The van der Waals surface area contributed by atoms with Gasteiger partial charge in [0.15, 0.2) is 0 Å². The van der Waals surface area contributed by atoms with Crippen LogP contribution < -0.4 is 11.5 Å². The highest BCUT2D eigenvalue weighted by Gasteiger charge is 2.51. The highest BCUT2D eigenvalue weighted by atomic mass is 16.6. The summed E-state index contributed by atoms with van der Waals surface area (Å²) in [5, 5.41) is 18.7. The number of hydrogen-bond donors (Lipinski definition) is 4. The molecular formula is C16H28N2O8. The van der Waals surface area contributed by atoms with Gasteiger partial charge < -0.3 is 31.2 Å². The zero-order chi connectivity index (χ0) is 21.1. The Morgan fingerprint density at radius 2 is 0.923 bits per heavy atom. The first kappa shape index (κ1) is 23.8. The minimum absolute atomic E-state index is 0.751. The molecule has 0 fully saturated rings. The van der Waals surface area contributed by atoms with Crippen molar-refractivity contribution in [3.05, 3.63) is 0 Å². The number of nitrogens with two attached hydrogens (primary N) is 2. The predicted octanol–water partition coefficient (Wildman–Crippen LogP) is 0.0142. The van der Waals surface area contributed by atoms with Gasteiger partial charge in [0.1, 0.15) is 11.2 Å². The molecule has 150 valence electrons. The molecular weight excluding hydrogens is 348 g/mol. The van der Waals surface area contributed by atoms with Crippen LogP contribution in [-0.4, -0.2) is 56.4 Å². The maximum Gasteiger partial charge on any atom is 0.338 e. The van der Waals surface area contributed by atoms with E-state index in [1.165, 1.54) is 41.5 Å². The smallest absolute Gasteiger partial charge is 0.338 e. The molecule has 0 saturated heterocycles. The molecule has 0 aromatic rings. The van der Waals surface area contributed by atoms with E-state index in [1.54, 1.807) is 0 Å². The van der Waals surface area contributed by atoms with Crippen LogP contribution in [0.5, 0.6) is 0 Å². The average molecular weight is 376 g/mol. The second kappa shape index (κ2) is 7.58. The Hall–Kier alpha value is -2.20. The minimum Gasteiger partial charge on any atom is -0.479 e. The van der Waals surface area contributed by atoms with Gasteiger partial charge in [-0.15, -0.1) is 0 Å². The van der Waals surface area contributed by atoms with E-state index in [-0.39, 0.29) is 0 Å². The Balaban J connectivity index is 5.59. The summed E-state index contributed by atoms with van der Waals surface area (Å²) in [6.07, 6.45) is -1.50. The van der Waals surface area contributed by atoms with Gasteiger partial charge in [0.05, 0.1) is 0 Å². The second-order valence-electron chi connectivity index (χ2n) is 8.06. The van der Waals surface area contributed by atoms with Gasteiger partial charge in [0.2, 0.25) is 11.1 Å². The predicted molar refractivity (Wildman–Crippen MR) is 90.0 cm³/mol. The largest absolute Gasteiger partial charge is 0.479 e. The lowest BCUT2D eigenvalue weighted by atomic mass is 9.85. The number of hydrogen-bond acceptors (Lipinski definition) is 8. The first-order valence-electron chi connectivity index (χ1n) is 7.86. The van der Waals surface area contributed by atoms with E-state index in [0.717, 1.165) is 0 Å². The third-order valence-electron chi connectivity index (χ3n) is 3.20. The maximum atomic E-state index is 12.2. The van der Waals surface area contributed by atoms with E-state index in [4.69, 9.17) is 20.9 Å². The van der Waals surface area contributed by atoms with Crippen molar-refractivity contribution in [1.82, 2.24) is 0 Å². The Morgan fingerprint density at radius 1 is 0.692 bits per heavy atom. The first-order chi connectivity index (χ1) is 11.3. The van der Waals surface area contributed by atoms with Crippen molar-refractivity contribution in [3.8, 4) is 0 Å². The molecule has 0 aromatic carbocycles. The normalized spacial score (nSPS) is 16.8. The topological polar surface area (TPSA) is 179 Å². The Labute approximate surface area is 151 Å². The van der Waals surface area contributed by atoms with Crippen LogP contribution in [0.2, 0.25) is 0 Å². The van der Waals surface area contributed by atoms with Crippen molar-refractivity contribution >= 4 is 23.9 Å². The fourth-order valence-corrected chi connectivity index (χ4v) is 1.73. The van der Waals surface area contributed by atoms with E-state index >= 15 is 0 Å². The van der Waals surface area contributed by atoms with Gasteiger partial charge in [0, 0.05) is 0 Å². The molecule has 0 amide bonds. The molecule has 6 N–H and O–H groups in total. The van der Waals surface area contributed by atoms with Crippen LogP contribution >= 0.6 is 0 Å². The molecule has 0 aliphatic heterocycles. The number of carboxylic acid groups (broad SMARTS) is 2. The number of rotatable bonds is 7. The lowest BCUT2D eigenvalue weighted by Gasteiger charge is -2.32. The molecule has 0 rings (SSSR count). The third-order valence-corrected chi connectivity index (χ3v) is 3.20. The molecule has 0 radical (unpaired) electrons. The average Bonchev–Trinajstić information content (AvgIpc) is 2.39. The van der Waals surface area contributed by atoms with Crippen LogP contribution in [0.15, 0.2) is 0 Å². The molecule has 0 bridgehead atoms. The van der Waals surface area contributed by atoms with Crippen LogP contribution in [0.25, 0.3) is 0 Å². The SMILES string of the molecule is CC(C)(C)OC(=O)C(N)(CCC(N)(C(=O)O)C(=O)OC(C)(C)C)C(=O)O. The van der Waals surface area contributed by atoms with Crippen molar-refractivity contribution < 1.29 is 38.9 Å². The highest BCUT2D eigenvalue weighted by molar-refractivity contribution is 6.06. The summed E-state index contributed by atoms with van der Waals surface area (Å²) in [5.41, 5.74) is 4.12. The Bertz CT molecular complexity index is 538. The lowest BCUT2D eigenvalue weighted by molar-refractivity contribution is -0.174. The summed E-state index contributed by atoms with van der Waals surface area (Å²) in [6, 6.07) is 0. The summed E-state index contributed by atoms with van der Waals surface area (Å²) in [6.45, 7) is 9.07. The van der Waals surface area contributed by atoms with Crippen LogP contribution in [0.4, 0.5) is 0 Å². The van der Waals surface area contributed by atoms with E-state index in [0.29, 0.717) is 0 Å². The molecule has 0 aliphatic rings. The molecule has 26 heavy (non-hydrogen) atoms. The number of carbonyl (C=O) groups is 4. The quantitative estimate of drug-likeness (QED) is 0.349. The number of ether oxygens (including phenoxy) is 2. The van der Waals surface area contributed by atoms with Gasteiger partial charge in [-0.25, -0.2) is 19.2 Å². The van der Waals surface area contributed by atoms with E-state index in [1.807, 2.05) is 0 Å². The van der Waals surface area contributed by atoms with Crippen LogP contribution in [0.3, 0.4) is 0 Å². The van der Waals surface area contributed by atoms with E-state index in [9.17, 15) is 29.4 Å². The van der Waals surface area contributed by atoms with Gasteiger partial charge in [-0.3, -0.25) is 0 Å². The van der Waals surface area contributed by atoms with Crippen LogP contribution in [-0.2, 0) is 28.7 Å². The summed E-state index contributed by atoms with van der Waals surface area (Å²) < 4.78 is 9.96. The molecule has 0 aromatic heterocycles. The zero-order valence-electron chi connectivity index (χ0n) is 15.9. The van der Waals surface area contributed by atoms with Gasteiger partial charge in [-0.2, -0.15) is 0 Å². The molecule has 10 nitrogen and oxygen atoms in total. The van der Waals surface area contributed by atoms with Crippen LogP contribution in [0, 0.1) is 0 Å². The minimum atomic E-state index is -2.57. The third kappa shape index (κ3) is 6.26. The van der Waals surface area contributed by atoms with E-state index < -0.39 is 59.0 Å². The van der Waals surface area contributed by atoms with Crippen molar-refractivity contribution in [2.45, 2.75) is 76.7 Å². The summed E-state index contributed by atoms with van der Waals surface area (Å²) in [7, 11) is 0. The van der Waals surface area contributed by atoms with E-state index in [2.05, 4.69) is 0 Å². The number of aliphatic carboxylic acids is 2. The van der Waals surface area contributed by atoms with Crippen molar-refractivity contribution in [1.29, 1.82) is 0 Å². The zero-order valence-corrected chi connectivity index (χ0v) is 15.9. The molecule has 0 heterocycles.